The van der Waals surface area contributed by atoms with Gasteiger partial charge in [0.1, 0.15) is 0 Å². The van der Waals surface area contributed by atoms with Gasteiger partial charge in [-0.1, -0.05) is 53.2 Å². The van der Waals surface area contributed by atoms with Crippen LogP contribution in [0.5, 0.6) is 0 Å². The fourth-order valence-electron chi connectivity index (χ4n) is 1.64. The van der Waals surface area contributed by atoms with Crippen LogP contribution in [0.1, 0.15) is 10.4 Å². The molecule has 110 valence electrons. The Labute approximate surface area is 134 Å². The van der Waals surface area contributed by atoms with Crippen LogP contribution in [0.15, 0.2) is 47.4 Å². The lowest BCUT2D eigenvalue weighted by Gasteiger charge is -2.11. The van der Waals surface area contributed by atoms with Crippen LogP contribution >= 0.6 is 35.0 Å². The first-order valence-electron chi connectivity index (χ1n) is 5.78. The molecular weight excluding hydrogens is 339 g/mol. The quantitative estimate of drug-likeness (QED) is 0.733. The minimum atomic E-state index is -2.57. The van der Waals surface area contributed by atoms with Crippen molar-refractivity contribution < 1.29 is 13.6 Å². The third kappa shape index (κ3) is 4.09. The molecule has 0 radical (unpaired) electrons. The van der Waals surface area contributed by atoms with E-state index in [0.717, 1.165) is 0 Å². The predicted molar refractivity (Wildman–Crippen MR) is 82.7 cm³/mol. The van der Waals surface area contributed by atoms with E-state index in [4.69, 9.17) is 23.2 Å². The second-order valence-corrected chi connectivity index (χ2v) is 5.75. The Morgan fingerprint density at radius 2 is 1.81 bits per heavy atom. The minimum Gasteiger partial charge on any atom is -0.321 e. The van der Waals surface area contributed by atoms with Crippen molar-refractivity contribution in [1.82, 2.24) is 0 Å². The summed E-state index contributed by atoms with van der Waals surface area (Å²) in [5.74, 6) is -3.08. The van der Waals surface area contributed by atoms with Gasteiger partial charge in [-0.25, -0.2) is 0 Å². The Balaban J connectivity index is 2.26. The van der Waals surface area contributed by atoms with E-state index in [2.05, 4.69) is 5.32 Å². The van der Waals surface area contributed by atoms with Gasteiger partial charge in [0.05, 0.1) is 21.3 Å². The Kier molecular flexibility index (Phi) is 5.45. The Bertz CT molecular complexity index is 667. The van der Waals surface area contributed by atoms with Crippen molar-refractivity contribution in [2.24, 2.45) is 0 Å². The van der Waals surface area contributed by atoms with E-state index in [1.54, 1.807) is 30.3 Å². The number of hydrogen-bond acceptors (Lipinski definition) is 2. The van der Waals surface area contributed by atoms with Crippen LogP contribution in [-0.4, -0.2) is 11.7 Å². The fraction of sp³-hybridized carbons (Fsp3) is 0.0714. The smallest absolute Gasteiger partial charge is 0.288 e. The molecule has 1 N–H and O–H groups in total. The zero-order chi connectivity index (χ0) is 15.4. The van der Waals surface area contributed by atoms with E-state index in [1.807, 2.05) is 0 Å². The second kappa shape index (κ2) is 7.11. The normalized spacial score (nSPS) is 10.7. The molecule has 1 amide bonds. The molecule has 2 aromatic carbocycles. The molecule has 0 unspecified atom stereocenters. The highest BCUT2D eigenvalue weighted by molar-refractivity contribution is 7.99. The second-order valence-electron chi connectivity index (χ2n) is 3.93. The summed E-state index contributed by atoms with van der Waals surface area (Å²) in [6.07, 6.45) is 0. The van der Waals surface area contributed by atoms with Crippen molar-refractivity contribution in [2.75, 3.05) is 5.32 Å². The number of halogens is 4. The largest absolute Gasteiger partial charge is 0.321 e. The van der Waals surface area contributed by atoms with Crippen molar-refractivity contribution in [3.05, 3.63) is 58.1 Å². The number of nitrogens with one attached hydrogen (secondary N) is 1. The summed E-state index contributed by atoms with van der Waals surface area (Å²) in [4.78, 5) is 12.5. The summed E-state index contributed by atoms with van der Waals surface area (Å²) < 4.78 is 25.0. The zero-order valence-electron chi connectivity index (χ0n) is 10.4. The molecule has 0 atom stereocenters. The number of benzene rings is 2. The molecule has 0 heterocycles. The van der Waals surface area contributed by atoms with Crippen LogP contribution in [0.4, 0.5) is 14.5 Å². The summed E-state index contributed by atoms with van der Waals surface area (Å²) >= 11 is 12.2. The third-order valence-corrected chi connectivity index (χ3v) is 4.15. The maximum Gasteiger partial charge on any atom is 0.288 e. The molecule has 0 aliphatic rings. The number of amides is 1. The molecule has 7 heteroatoms. The monoisotopic (exact) mass is 347 g/mol. The molecule has 0 aromatic heterocycles. The van der Waals surface area contributed by atoms with E-state index in [9.17, 15) is 13.6 Å². The highest BCUT2D eigenvalue weighted by atomic mass is 35.5. The summed E-state index contributed by atoms with van der Waals surface area (Å²) in [5.41, 5.74) is 0.477. The number of carbonyl (C=O) groups excluding carboxylic acids is 1. The van der Waals surface area contributed by atoms with E-state index < -0.39 is 11.7 Å². The highest BCUT2D eigenvalue weighted by Crippen LogP contribution is 2.32. The molecule has 0 fully saturated rings. The van der Waals surface area contributed by atoms with E-state index in [0.29, 0.717) is 17.4 Å². The van der Waals surface area contributed by atoms with Crippen LogP contribution in [0, 0.1) is 0 Å². The molecule has 0 saturated carbocycles. The van der Waals surface area contributed by atoms with Gasteiger partial charge in [0.15, 0.2) is 0 Å². The van der Waals surface area contributed by atoms with Gasteiger partial charge in [-0.05, 0) is 24.3 Å². The first-order valence-corrected chi connectivity index (χ1v) is 7.42. The highest BCUT2D eigenvalue weighted by Gasteiger charge is 2.15. The number of anilines is 1. The molecule has 0 aliphatic carbocycles. The maximum absolute atomic E-state index is 12.5. The van der Waals surface area contributed by atoms with Crippen LogP contribution in [0.25, 0.3) is 0 Å². The number of carbonyl (C=O) groups is 1. The molecule has 0 saturated heterocycles. The lowest BCUT2D eigenvalue weighted by Crippen LogP contribution is -2.13. The van der Waals surface area contributed by atoms with Gasteiger partial charge in [-0.15, -0.1) is 0 Å². The third-order valence-electron chi connectivity index (χ3n) is 2.55. The molecular formula is C14H9Cl2F2NOS. The molecule has 2 nitrogen and oxygen atoms in total. The van der Waals surface area contributed by atoms with Crippen molar-refractivity contribution in [2.45, 2.75) is 10.7 Å². The predicted octanol–water partition coefficient (Wildman–Crippen LogP) is 5.56. The van der Waals surface area contributed by atoms with Gasteiger partial charge in [0, 0.05) is 4.90 Å². The van der Waals surface area contributed by atoms with Crippen LogP contribution < -0.4 is 5.32 Å². The topological polar surface area (TPSA) is 29.1 Å². The molecule has 2 aromatic rings. The minimum absolute atomic E-state index is 0.121. The SMILES string of the molecule is O=C(Nc1ccccc1SC(F)F)c1cccc(Cl)c1Cl. The maximum atomic E-state index is 12.5. The van der Waals surface area contributed by atoms with Crippen LogP contribution in [0.3, 0.4) is 0 Å². The Morgan fingerprint density at radius 1 is 1.10 bits per heavy atom. The van der Waals surface area contributed by atoms with Gasteiger partial charge in [-0.3, -0.25) is 4.79 Å². The first kappa shape index (κ1) is 16.1. The van der Waals surface area contributed by atoms with E-state index in [1.165, 1.54) is 12.1 Å². The summed E-state index contributed by atoms with van der Waals surface area (Å²) in [6, 6.07) is 11.0. The summed E-state index contributed by atoms with van der Waals surface area (Å²) in [6.45, 7) is 0. The number of alkyl halides is 2. The van der Waals surface area contributed by atoms with Crippen molar-refractivity contribution in [3.8, 4) is 0 Å². The Morgan fingerprint density at radius 3 is 2.52 bits per heavy atom. The van der Waals surface area contributed by atoms with Gasteiger partial charge >= 0.3 is 0 Å². The van der Waals surface area contributed by atoms with Gasteiger partial charge in [0.25, 0.3) is 11.7 Å². The molecule has 2 rings (SSSR count). The summed E-state index contributed by atoms with van der Waals surface area (Å²) in [7, 11) is 0. The zero-order valence-corrected chi connectivity index (χ0v) is 12.8. The van der Waals surface area contributed by atoms with E-state index in [-0.39, 0.29) is 20.5 Å². The molecule has 0 aliphatic heterocycles. The van der Waals surface area contributed by atoms with Gasteiger partial charge in [-0.2, -0.15) is 8.78 Å². The van der Waals surface area contributed by atoms with E-state index >= 15 is 0 Å². The average Bonchev–Trinajstić information content (AvgIpc) is 2.43. The average molecular weight is 348 g/mol. The van der Waals surface area contributed by atoms with Crippen molar-refractivity contribution >= 4 is 46.6 Å². The lowest BCUT2D eigenvalue weighted by atomic mass is 10.2. The van der Waals surface area contributed by atoms with Crippen molar-refractivity contribution in [1.29, 1.82) is 0 Å². The van der Waals surface area contributed by atoms with Gasteiger partial charge < -0.3 is 5.32 Å². The molecule has 0 bridgehead atoms. The van der Waals surface area contributed by atoms with Gasteiger partial charge in [0.2, 0.25) is 0 Å². The lowest BCUT2D eigenvalue weighted by molar-refractivity contribution is 0.102. The number of rotatable bonds is 4. The number of para-hydroxylation sites is 1. The van der Waals surface area contributed by atoms with Crippen molar-refractivity contribution in [3.63, 3.8) is 0 Å². The first-order chi connectivity index (χ1) is 9.99. The summed E-state index contributed by atoms with van der Waals surface area (Å²) in [5, 5.41) is 2.93. The molecule has 21 heavy (non-hydrogen) atoms. The number of thioether (sulfide) groups is 1. The fourth-order valence-corrected chi connectivity index (χ4v) is 2.62. The standard InChI is InChI=1S/C14H9Cl2F2NOS/c15-9-5-3-4-8(12(9)16)13(20)19-10-6-1-2-7-11(10)21-14(17)18/h1-7,14H,(H,19,20). The number of hydrogen-bond donors (Lipinski definition) is 1. The molecule has 0 spiro atoms. The van der Waals surface area contributed by atoms with Crippen LogP contribution in [0.2, 0.25) is 10.0 Å². The van der Waals surface area contributed by atoms with Crippen LogP contribution in [-0.2, 0) is 0 Å². The Hall–Kier alpha value is -1.30.